The van der Waals surface area contributed by atoms with Crippen molar-refractivity contribution in [3.05, 3.63) is 53.9 Å². The van der Waals surface area contributed by atoms with Gasteiger partial charge in [0.1, 0.15) is 17.7 Å². The lowest BCUT2D eigenvalue weighted by atomic mass is 10.1. The van der Waals surface area contributed by atoms with Gasteiger partial charge in [0.05, 0.1) is 0 Å². The number of halogens is 1. The standard InChI is InChI=1S/C15H19FN4O/c1-10(2)18-15(21)19-13(14-17-8-9-20(14)3)11-4-6-12(16)7-5-11/h4-10,13H,1-3H3,(H2,18,19,21). The van der Waals surface area contributed by atoms with Crippen molar-refractivity contribution in [3.8, 4) is 0 Å². The van der Waals surface area contributed by atoms with Crippen LogP contribution in [-0.4, -0.2) is 21.6 Å². The van der Waals surface area contributed by atoms with E-state index in [9.17, 15) is 9.18 Å². The molecule has 1 aromatic heterocycles. The Labute approximate surface area is 123 Å². The smallest absolute Gasteiger partial charge is 0.315 e. The first-order valence-corrected chi connectivity index (χ1v) is 6.77. The summed E-state index contributed by atoms with van der Waals surface area (Å²) >= 11 is 0. The molecule has 0 saturated heterocycles. The summed E-state index contributed by atoms with van der Waals surface area (Å²) in [5.41, 5.74) is 0.768. The zero-order valence-corrected chi connectivity index (χ0v) is 12.3. The van der Waals surface area contributed by atoms with Gasteiger partial charge in [-0.15, -0.1) is 0 Å². The Balaban J connectivity index is 2.29. The van der Waals surface area contributed by atoms with Gasteiger partial charge in [0.2, 0.25) is 0 Å². The number of urea groups is 1. The quantitative estimate of drug-likeness (QED) is 0.908. The molecule has 21 heavy (non-hydrogen) atoms. The van der Waals surface area contributed by atoms with Gasteiger partial charge in [-0.3, -0.25) is 0 Å². The van der Waals surface area contributed by atoms with Crippen molar-refractivity contribution in [3.63, 3.8) is 0 Å². The number of hydrogen-bond donors (Lipinski definition) is 2. The number of amides is 2. The number of nitrogens with zero attached hydrogens (tertiary/aromatic N) is 2. The van der Waals surface area contributed by atoms with E-state index in [1.165, 1.54) is 12.1 Å². The van der Waals surface area contributed by atoms with Crippen molar-refractivity contribution < 1.29 is 9.18 Å². The van der Waals surface area contributed by atoms with Gasteiger partial charge >= 0.3 is 6.03 Å². The highest BCUT2D eigenvalue weighted by molar-refractivity contribution is 5.75. The molecule has 2 aromatic rings. The van der Waals surface area contributed by atoms with E-state index in [4.69, 9.17) is 0 Å². The molecule has 0 aliphatic rings. The van der Waals surface area contributed by atoms with Crippen LogP contribution in [0.25, 0.3) is 0 Å². The number of carbonyl (C=O) groups excluding carboxylic acids is 1. The molecule has 1 atom stereocenters. The van der Waals surface area contributed by atoms with Crippen LogP contribution in [0, 0.1) is 5.82 Å². The van der Waals surface area contributed by atoms with E-state index >= 15 is 0 Å². The zero-order chi connectivity index (χ0) is 15.4. The third-order valence-electron chi connectivity index (χ3n) is 3.02. The monoisotopic (exact) mass is 290 g/mol. The van der Waals surface area contributed by atoms with Crippen molar-refractivity contribution in [2.45, 2.75) is 25.9 Å². The largest absolute Gasteiger partial charge is 0.336 e. The molecule has 0 fully saturated rings. The number of hydrogen-bond acceptors (Lipinski definition) is 2. The second kappa shape index (κ2) is 6.39. The highest BCUT2D eigenvalue weighted by Crippen LogP contribution is 2.20. The maximum atomic E-state index is 13.1. The van der Waals surface area contributed by atoms with Crippen LogP contribution < -0.4 is 10.6 Å². The van der Waals surface area contributed by atoms with Crippen molar-refractivity contribution >= 4 is 6.03 Å². The Bertz CT molecular complexity index is 606. The zero-order valence-electron chi connectivity index (χ0n) is 12.3. The van der Waals surface area contributed by atoms with E-state index < -0.39 is 6.04 Å². The number of rotatable bonds is 4. The summed E-state index contributed by atoms with van der Waals surface area (Å²) in [4.78, 5) is 16.3. The fraction of sp³-hybridized carbons (Fsp3) is 0.333. The van der Waals surface area contributed by atoms with Crippen LogP contribution in [0.4, 0.5) is 9.18 Å². The van der Waals surface area contributed by atoms with Crippen LogP contribution in [0.3, 0.4) is 0 Å². The highest BCUT2D eigenvalue weighted by Gasteiger charge is 2.20. The minimum absolute atomic E-state index is 0.0280. The first-order chi connectivity index (χ1) is 9.97. The van der Waals surface area contributed by atoms with Gasteiger partial charge in [-0.2, -0.15) is 0 Å². The van der Waals surface area contributed by atoms with Crippen molar-refractivity contribution in [2.24, 2.45) is 7.05 Å². The third kappa shape index (κ3) is 3.81. The molecule has 6 heteroatoms. The van der Waals surface area contributed by atoms with Crippen LogP contribution in [0.5, 0.6) is 0 Å². The fourth-order valence-corrected chi connectivity index (χ4v) is 2.04. The summed E-state index contributed by atoms with van der Waals surface area (Å²) in [7, 11) is 1.85. The summed E-state index contributed by atoms with van der Waals surface area (Å²) in [6.45, 7) is 3.76. The Morgan fingerprint density at radius 3 is 2.43 bits per heavy atom. The third-order valence-corrected chi connectivity index (χ3v) is 3.02. The van der Waals surface area contributed by atoms with E-state index in [1.54, 1.807) is 24.5 Å². The lowest BCUT2D eigenvalue weighted by molar-refractivity contribution is 0.236. The molecule has 2 rings (SSSR count). The molecule has 2 N–H and O–H groups in total. The molecule has 0 aliphatic heterocycles. The molecule has 1 unspecified atom stereocenters. The first-order valence-electron chi connectivity index (χ1n) is 6.77. The number of benzene rings is 1. The number of carbonyl (C=O) groups is 1. The lowest BCUT2D eigenvalue weighted by Gasteiger charge is -2.20. The Kier molecular flexibility index (Phi) is 4.57. The fourth-order valence-electron chi connectivity index (χ4n) is 2.04. The van der Waals surface area contributed by atoms with Gasteiger partial charge < -0.3 is 15.2 Å². The molecule has 2 amide bonds. The average Bonchev–Trinajstić information content (AvgIpc) is 2.82. The summed E-state index contributed by atoms with van der Waals surface area (Å²) in [5.74, 6) is 0.365. The van der Waals surface area contributed by atoms with Gasteiger partial charge in [-0.25, -0.2) is 14.2 Å². The van der Waals surface area contributed by atoms with Crippen LogP contribution in [0.2, 0.25) is 0 Å². The molecule has 0 saturated carbocycles. The van der Waals surface area contributed by atoms with Crippen LogP contribution in [-0.2, 0) is 7.05 Å². The summed E-state index contributed by atoms with van der Waals surface area (Å²) in [6, 6.07) is 5.32. The molecule has 1 heterocycles. The maximum Gasteiger partial charge on any atom is 0.315 e. The predicted octanol–water partition coefficient (Wildman–Crippen LogP) is 2.36. The van der Waals surface area contributed by atoms with Crippen LogP contribution in [0.15, 0.2) is 36.7 Å². The van der Waals surface area contributed by atoms with Crippen LogP contribution >= 0.6 is 0 Å². The molecule has 112 valence electrons. The molecule has 1 aromatic carbocycles. The normalized spacial score (nSPS) is 12.2. The van der Waals surface area contributed by atoms with Gasteiger partial charge in [-0.1, -0.05) is 12.1 Å². The van der Waals surface area contributed by atoms with Gasteiger partial charge in [-0.05, 0) is 31.5 Å². The minimum Gasteiger partial charge on any atom is -0.336 e. The molecule has 0 bridgehead atoms. The second-order valence-electron chi connectivity index (χ2n) is 5.15. The molecule has 0 spiro atoms. The van der Waals surface area contributed by atoms with Gasteiger partial charge in [0.25, 0.3) is 0 Å². The second-order valence-corrected chi connectivity index (χ2v) is 5.15. The molecular formula is C15H19FN4O. The lowest BCUT2D eigenvalue weighted by Crippen LogP contribution is -2.42. The number of aromatic nitrogens is 2. The SMILES string of the molecule is CC(C)NC(=O)NC(c1ccc(F)cc1)c1nccn1C. The minimum atomic E-state index is -0.440. The molecular weight excluding hydrogens is 271 g/mol. The summed E-state index contributed by atoms with van der Waals surface area (Å²) in [6.07, 6.45) is 3.46. The van der Waals surface area contributed by atoms with Crippen molar-refractivity contribution in [2.75, 3.05) is 0 Å². The number of nitrogens with one attached hydrogen (secondary N) is 2. The number of aryl methyl sites for hydroxylation is 1. The molecule has 0 radical (unpaired) electrons. The van der Waals surface area contributed by atoms with E-state index in [1.807, 2.05) is 25.5 Å². The van der Waals surface area contributed by atoms with Crippen LogP contribution in [0.1, 0.15) is 31.3 Å². The Hall–Kier alpha value is -2.37. The van der Waals surface area contributed by atoms with Crippen molar-refractivity contribution in [1.82, 2.24) is 20.2 Å². The maximum absolute atomic E-state index is 13.1. The first kappa shape index (κ1) is 15.0. The van der Waals surface area contributed by atoms with E-state index in [2.05, 4.69) is 15.6 Å². The summed E-state index contributed by atoms with van der Waals surface area (Å²) in [5, 5.41) is 5.65. The van der Waals surface area contributed by atoms with Crippen molar-refractivity contribution in [1.29, 1.82) is 0 Å². The van der Waals surface area contributed by atoms with E-state index in [0.29, 0.717) is 5.82 Å². The molecule has 5 nitrogen and oxygen atoms in total. The highest BCUT2D eigenvalue weighted by atomic mass is 19.1. The predicted molar refractivity (Wildman–Crippen MR) is 78.3 cm³/mol. The van der Waals surface area contributed by atoms with E-state index in [-0.39, 0.29) is 17.9 Å². The number of imidazole rings is 1. The van der Waals surface area contributed by atoms with E-state index in [0.717, 1.165) is 5.56 Å². The topological polar surface area (TPSA) is 59.0 Å². The average molecular weight is 290 g/mol. The Morgan fingerprint density at radius 2 is 1.90 bits per heavy atom. The van der Waals surface area contributed by atoms with Gasteiger partial charge in [0.15, 0.2) is 0 Å². The molecule has 0 aliphatic carbocycles. The Morgan fingerprint density at radius 1 is 1.24 bits per heavy atom. The summed E-state index contributed by atoms with van der Waals surface area (Å²) < 4.78 is 14.9. The van der Waals surface area contributed by atoms with Gasteiger partial charge in [0, 0.05) is 25.5 Å².